The molecule has 0 radical (unpaired) electrons. The zero-order chi connectivity index (χ0) is 17.3. The summed E-state index contributed by atoms with van der Waals surface area (Å²) < 4.78 is 12.6. The van der Waals surface area contributed by atoms with Crippen LogP contribution in [0, 0.1) is 0 Å². The Morgan fingerprint density at radius 2 is 0.818 bits per heavy atom. The van der Waals surface area contributed by atoms with E-state index in [4.69, 9.17) is 0 Å². The van der Waals surface area contributed by atoms with Crippen LogP contribution in [0.15, 0.2) is 0 Å². The van der Waals surface area contributed by atoms with Gasteiger partial charge in [-0.25, -0.2) is 44.7 Å². The highest BCUT2D eigenvalue weighted by Crippen LogP contribution is 2.39. The normalized spacial score (nSPS) is 9.14. The number of primary amides is 3. The van der Waals surface area contributed by atoms with Gasteiger partial charge < -0.3 is 30.8 Å². The Morgan fingerprint density at radius 1 is 0.591 bits per heavy atom. The van der Waals surface area contributed by atoms with Gasteiger partial charge in [0, 0.05) is 0 Å². The standard InChI is InChI=1S/C6H9N6O9P/c7-1(13)10-4(16)19-22(20-5(17)11-2(8)14)21-6(18)12-3(9)15/h(H3,7,10,13,16)(H3,8,11,14,17)(H3,9,12,15,18). The molecule has 0 spiro atoms. The maximum Gasteiger partial charge on any atom is 0.540 e. The summed E-state index contributed by atoms with van der Waals surface area (Å²) in [6, 6.07) is -3.99. The molecule has 0 bridgehead atoms. The number of amides is 9. The monoisotopic (exact) mass is 340 g/mol. The van der Waals surface area contributed by atoms with Gasteiger partial charge >= 0.3 is 45.0 Å². The van der Waals surface area contributed by atoms with Gasteiger partial charge in [0.2, 0.25) is 0 Å². The van der Waals surface area contributed by atoms with Crippen molar-refractivity contribution in [1.82, 2.24) is 16.0 Å². The highest BCUT2D eigenvalue weighted by atomic mass is 31.2. The van der Waals surface area contributed by atoms with Crippen molar-refractivity contribution >= 4 is 45.0 Å². The van der Waals surface area contributed by atoms with Crippen LogP contribution in [0.3, 0.4) is 0 Å². The number of hydrogen-bond donors (Lipinski definition) is 6. The van der Waals surface area contributed by atoms with Gasteiger partial charge in [-0.05, 0) is 0 Å². The molecule has 0 aromatic rings. The van der Waals surface area contributed by atoms with Gasteiger partial charge in [-0.3, -0.25) is 0 Å². The van der Waals surface area contributed by atoms with Crippen LogP contribution in [0.4, 0.5) is 28.8 Å². The minimum Gasteiger partial charge on any atom is -0.358 e. The SMILES string of the molecule is NC(=O)NC(=O)OP(OC(=O)NC(N)=O)OC(=O)NC(N)=O. The predicted octanol–water partition coefficient (Wildman–Crippen LogP) is -1.37. The Balaban J connectivity index is 4.74. The van der Waals surface area contributed by atoms with E-state index in [-0.39, 0.29) is 0 Å². The summed E-state index contributed by atoms with van der Waals surface area (Å²) in [5.41, 5.74) is 13.8. The van der Waals surface area contributed by atoms with E-state index >= 15 is 0 Å². The minimum atomic E-state index is -3.13. The van der Waals surface area contributed by atoms with Gasteiger partial charge in [0.15, 0.2) is 0 Å². The molecule has 9 amide bonds. The lowest BCUT2D eigenvalue weighted by atomic mass is 11.0. The molecule has 0 aliphatic rings. The minimum absolute atomic E-state index is 1.33. The van der Waals surface area contributed by atoms with Crippen LogP contribution >= 0.6 is 8.60 Å². The van der Waals surface area contributed by atoms with Gasteiger partial charge in [-0.1, -0.05) is 0 Å². The first-order chi connectivity index (χ1) is 10.1. The number of urea groups is 3. The molecule has 0 aliphatic heterocycles. The van der Waals surface area contributed by atoms with E-state index in [0.717, 1.165) is 0 Å². The summed E-state index contributed by atoms with van der Waals surface area (Å²) in [7, 11) is -3.13. The summed E-state index contributed by atoms with van der Waals surface area (Å²) in [5, 5.41) is 4.17. The van der Waals surface area contributed by atoms with Crippen LogP contribution in [0.25, 0.3) is 0 Å². The molecule has 122 valence electrons. The van der Waals surface area contributed by atoms with Gasteiger partial charge in [-0.2, -0.15) is 0 Å². The zero-order valence-corrected chi connectivity index (χ0v) is 11.2. The van der Waals surface area contributed by atoms with Crippen molar-refractivity contribution in [3.63, 3.8) is 0 Å². The largest absolute Gasteiger partial charge is 0.540 e. The first-order valence-corrected chi connectivity index (χ1v) is 5.85. The van der Waals surface area contributed by atoms with Crippen LogP contribution in [0.2, 0.25) is 0 Å². The van der Waals surface area contributed by atoms with Crippen molar-refractivity contribution in [2.24, 2.45) is 17.2 Å². The van der Waals surface area contributed by atoms with Crippen molar-refractivity contribution in [2.75, 3.05) is 0 Å². The van der Waals surface area contributed by atoms with Crippen LogP contribution in [-0.4, -0.2) is 36.4 Å². The van der Waals surface area contributed by atoms with Crippen molar-refractivity contribution < 1.29 is 42.3 Å². The van der Waals surface area contributed by atoms with E-state index in [9.17, 15) is 28.8 Å². The second-order valence-corrected chi connectivity index (χ2v) is 3.82. The number of nitrogens with one attached hydrogen (secondary N) is 3. The van der Waals surface area contributed by atoms with Crippen molar-refractivity contribution in [2.45, 2.75) is 0 Å². The Bertz CT molecular complexity index is 438. The van der Waals surface area contributed by atoms with E-state index in [1.54, 1.807) is 0 Å². The van der Waals surface area contributed by atoms with Gasteiger partial charge in [0.1, 0.15) is 0 Å². The maximum atomic E-state index is 11.0. The quantitative estimate of drug-likeness (QED) is 0.331. The Kier molecular flexibility index (Phi) is 7.42. The molecule has 0 aliphatic carbocycles. The van der Waals surface area contributed by atoms with Crippen LogP contribution in [0.1, 0.15) is 0 Å². The molecule has 0 unspecified atom stereocenters. The summed E-state index contributed by atoms with van der Waals surface area (Å²) >= 11 is 0. The molecule has 0 saturated carbocycles. The number of carbonyl (C=O) groups excluding carboxylic acids is 6. The summed E-state index contributed by atoms with van der Waals surface area (Å²) in [4.78, 5) is 64.3. The third kappa shape index (κ3) is 9.56. The van der Waals surface area contributed by atoms with Crippen molar-refractivity contribution in [3.05, 3.63) is 0 Å². The van der Waals surface area contributed by atoms with Crippen molar-refractivity contribution in [3.8, 4) is 0 Å². The average Bonchev–Trinajstić information content (AvgIpc) is 2.23. The first-order valence-electron chi connectivity index (χ1n) is 4.75. The maximum absolute atomic E-state index is 11.0. The van der Waals surface area contributed by atoms with Crippen LogP contribution in [0.5, 0.6) is 0 Å². The lowest BCUT2D eigenvalue weighted by molar-refractivity contribution is 0.161. The van der Waals surface area contributed by atoms with E-state index in [1.165, 1.54) is 16.0 Å². The molecule has 16 heteroatoms. The smallest absolute Gasteiger partial charge is 0.358 e. The average molecular weight is 340 g/mol. The molecule has 0 fully saturated rings. The third-order valence-corrected chi connectivity index (χ3v) is 2.09. The lowest BCUT2D eigenvalue weighted by Crippen LogP contribution is -2.38. The fraction of sp³-hybridized carbons (Fsp3) is 0. The summed E-state index contributed by atoms with van der Waals surface area (Å²) in [6.07, 6.45) is -4.67. The Hall–Kier alpha value is -3.35. The fourth-order valence-corrected chi connectivity index (χ4v) is 1.28. The van der Waals surface area contributed by atoms with Crippen molar-refractivity contribution in [1.29, 1.82) is 0 Å². The highest BCUT2D eigenvalue weighted by Gasteiger charge is 2.29. The summed E-state index contributed by atoms with van der Waals surface area (Å²) in [6.45, 7) is 0. The van der Waals surface area contributed by atoms with E-state index in [1.807, 2.05) is 0 Å². The third-order valence-electron chi connectivity index (χ3n) is 1.15. The summed E-state index contributed by atoms with van der Waals surface area (Å²) in [5.74, 6) is 0. The van der Waals surface area contributed by atoms with Gasteiger partial charge in [0.25, 0.3) is 0 Å². The van der Waals surface area contributed by atoms with Gasteiger partial charge in [-0.15, -0.1) is 0 Å². The first kappa shape index (κ1) is 18.7. The van der Waals surface area contributed by atoms with Gasteiger partial charge in [0.05, 0.1) is 0 Å². The molecule has 15 nitrogen and oxygen atoms in total. The topological polar surface area (TPSA) is 244 Å². The van der Waals surface area contributed by atoms with Crippen LogP contribution < -0.4 is 33.2 Å². The number of imide groups is 3. The second-order valence-electron chi connectivity index (χ2n) is 2.83. The predicted molar refractivity (Wildman–Crippen MR) is 64.5 cm³/mol. The molecule has 0 aromatic carbocycles. The lowest BCUT2D eigenvalue weighted by Gasteiger charge is -2.14. The number of rotatable bonds is 3. The number of carbonyl (C=O) groups is 6. The zero-order valence-electron chi connectivity index (χ0n) is 10.4. The number of nitrogens with two attached hydrogens (primary N) is 3. The highest BCUT2D eigenvalue weighted by molar-refractivity contribution is 7.43. The molecular formula is C6H9N6O9P. The van der Waals surface area contributed by atoms with E-state index in [0.29, 0.717) is 0 Å². The molecule has 0 aromatic heterocycles. The fourth-order valence-electron chi connectivity index (χ4n) is 0.629. The molecule has 0 saturated heterocycles. The molecular weight excluding hydrogens is 331 g/mol. The van der Waals surface area contributed by atoms with E-state index < -0.39 is 45.0 Å². The van der Waals surface area contributed by atoms with Crippen LogP contribution in [-0.2, 0) is 13.6 Å². The molecule has 9 N–H and O–H groups in total. The Morgan fingerprint density at radius 3 is 1.00 bits per heavy atom. The Labute approximate surface area is 121 Å². The molecule has 0 rings (SSSR count). The molecule has 22 heavy (non-hydrogen) atoms. The second kappa shape index (κ2) is 8.75. The number of hydrogen-bond acceptors (Lipinski definition) is 9. The molecule has 0 atom stereocenters. The molecule has 0 heterocycles. The van der Waals surface area contributed by atoms with E-state index in [2.05, 4.69) is 30.8 Å².